The Morgan fingerprint density at radius 3 is 2.96 bits per heavy atom. The van der Waals surface area contributed by atoms with Gasteiger partial charge in [0.05, 0.1) is 26.2 Å². The molecule has 0 aromatic heterocycles. The number of allylic oxidation sites excluding steroid dienone is 2. The van der Waals surface area contributed by atoms with Gasteiger partial charge in [0.1, 0.15) is 17.9 Å². The van der Waals surface area contributed by atoms with E-state index in [0.717, 1.165) is 45.3 Å². The van der Waals surface area contributed by atoms with Gasteiger partial charge in [0.2, 0.25) is 0 Å². The van der Waals surface area contributed by atoms with Crippen LogP contribution in [0, 0.1) is 23.2 Å². The quantitative estimate of drug-likeness (QED) is 0.591. The summed E-state index contributed by atoms with van der Waals surface area (Å²) in [7, 11) is 0. The Morgan fingerprint density at radius 2 is 2.18 bits per heavy atom. The lowest BCUT2D eigenvalue weighted by atomic mass is 9.59. The van der Waals surface area contributed by atoms with Crippen LogP contribution in [0.1, 0.15) is 65.7 Å². The summed E-state index contributed by atoms with van der Waals surface area (Å²) in [4.78, 5) is 26.3. The molecule has 2 aliphatic heterocycles. The van der Waals surface area contributed by atoms with Crippen LogP contribution in [-0.2, 0) is 19.1 Å². The van der Waals surface area contributed by atoms with Crippen LogP contribution in [0.3, 0.4) is 0 Å². The number of nitrogens with one attached hydrogen (secondary N) is 1. The Balaban J connectivity index is 1.45. The SMILES string of the molecule is CCOC(=O)[C@H]1CCC[NH+](C[C@@H]2C(=O)O[C@H]3C[C@]4(C)CCCC(C)=C4C[C@@H]32)C1. The lowest BCUT2D eigenvalue weighted by Gasteiger charge is -2.45. The number of rotatable bonds is 4. The van der Waals surface area contributed by atoms with Crippen LogP contribution in [0.5, 0.6) is 0 Å². The largest absolute Gasteiger partial charge is 0.466 e. The van der Waals surface area contributed by atoms with Crippen molar-refractivity contribution in [2.24, 2.45) is 23.2 Å². The molecule has 3 fully saturated rings. The van der Waals surface area contributed by atoms with Gasteiger partial charge in [-0.3, -0.25) is 9.59 Å². The summed E-state index contributed by atoms with van der Waals surface area (Å²) in [6.45, 7) is 9.60. The first-order valence-electron chi connectivity index (χ1n) is 11.3. The molecule has 4 aliphatic rings. The van der Waals surface area contributed by atoms with Crippen LogP contribution in [0.15, 0.2) is 11.1 Å². The molecule has 28 heavy (non-hydrogen) atoms. The molecule has 2 aliphatic carbocycles. The van der Waals surface area contributed by atoms with Gasteiger partial charge < -0.3 is 14.4 Å². The average molecular weight is 391 g/mol. The summed E-state index contributed by atoms with van der Waals surface area (Å²) in [6, 6.07) is 0. The molecule has 5 heteroatoms. The van der Waals surface area contributed by atoms with Crippen LogP contribution in [-0.4, -0.2) is 44.3 Å². The second kappa shape index (κ2) is 7.81. The fourth-order valence-corrected chi connectivity index (χ4v) is 6.45. The topological polar surface area (TPSA) is 57.0 Å². The molecular formula is C23H36NO4+. The minimum Gasteiger partial charge on any atom is -0.466 e. The average Bonchev–Trinajstić information content (AvgIpc) is 2.94. The maximum absolute atomic E-state index is 12.8. The summed E-state index contributed by atoms with van der Waals surface area (Å²) in [5.74, 6) is 0.214. The van der Waals surface area contributed by atoms with Crippen molar-refractivity contribution in [2.75, 3.05) is 26.2 Å². The van der Waals surface area contributed by atoms with E-state index < -0.39 is 0 Å². The number of likely N-dealkylation sites (tertiary alicyclic amines) is 1. The van der Waals surface area contributed by atoms with Crippen molar-refractivity contribution >= 4 is 11.9 Å². The molecule has 0 aromatic carbocycles. The number of carbonyl (C=O) groups excluding carboxylic acids is 2. The van der Waals surface area contributed by atoms with Crippen molar-refractivity contribution in [3.8, 4) is 0 Å². The lowest BCUT2D eigenvalue weighted by Crippen LogP contribution is -3.14. The molecule has 0 spiro atoms. The van der Waals surface area contributed by atoms with E-state index in [1.807, 2.05) is 6.92 Å². The first-order chi connectivity index (χ1) is 13.4. The van der Waals surface area contributed by atoms with E-state index in [1.165, 1.54) is 24.2 Å². The Hall–Kier alpha value is -1.36. The summed E-state index contributed by atoms with van der Waals surface area (Å²) in [5.41, 5.74) is 3.39. The van der Waals surface area contributed by atoms with Gasteiger partial charge in [-0.25, -0.2) is 0 Å². The highest BCUT2D eigenvalue weighted by Gasteiger charge is 2.54. The molecule has 1 unspecified atom stereocenters. The third-order valence-corrected chi connectivity index (χ3v) is 7.93. The molecule has 1 saturated carbocycles. The van der Waals surface area contributed by atoms with Gasteiger partial charge in [0.25, 0.3) is 0 Å². The smallest absolute Gasteiger partial charge is 0.315 e. The van der Waals surface area contributed by atoms with Gasteiger partial charge in [0.15, 0.2) is 0 Å². The van der Waals surface area contributed by atoms with E-state index >= 15 is 0 Å². The third-order valence-electron chi connectivity index (χ3n) is 7.93. The zero-order valence-corrected chi connectivity index (χ0v) is 17.7. The Bertz CT molecular complexity index is 672. The number of esters is 2. The molecule has 0 bridgehead atoms. The third kappa shape index (κ3) is 3.62. The molecule has 4 rings (SSSR count). The summed E-state index contributed by atoms with van der Waals surface area (Å²) < 4.78 is 11.2. The first kappa shape index (κ1) is 19.9. The van der Waals surface area contributed by atoms with E-state index in [-0.39, 0.29) is 35.3 Å². The molecular weight excluding hydrogens is 354 g/mol. The summed E-state index contributed by atoms with van der Waals surface area (Å²) in [5, 5.41) is 0. The van der Waals surface area contributed by atoms with Crippen molar-refractivity contribution in [3.05, 3.63) is 11.1 Å². The van der Waals surface area contributed by atoms with Crippen LogP contribution < -0.4 is 4.90 Å². The Kier molecular flexibility index (Phi) is 5.56. The number of ether oxygens (including phenoxy) is 2. The monoisotopic (exact) mass is 390 g/mol. The molecule has 0 radical (unpaired) electrons. The van der Waals surface area contributed by atoms with E-state index in [4.69, 9.17) is 9.47 Å². The second-order valence-corrected chi connectivity index (χ2v) is 9.83. The minimum atomic E-state index is -0.0667. The molecule has 1 N–H and O–H groups in total. The van der Waals surface area contributed by atoms with Crippen LogP contribution in [0.25, 0.3) is 0 Å². The van der Waals surface area contributed by atoms with E-state index in [1.54, 1.807) is 11.1 Å². The number of piperidine rings is 1. The molecule has 6 atom stereocenters. The van der Waals surface area contributed by atoms with Gasteiger partial charge in [-0.2, -0.15) is 0 Å². The van der Waals surface area contributed by atoms with Crippen LogP contribution >= 0.6 is 0 Å². The maximum atomic E-state index is 12.8. The Labute approximate surface area is 168 Å². The molecule has 2 heterocycles. The van der Waals surface area contributed by atoms with Crippen LogP contribution in [0.4, 0.5) is 0 Å². The zero-order valence-electron chi connectivity index (χ0n) is 17.7. The van der Waals surface area contributed by atoms with Crippen molar-refractivity contribution in [1.29, 1.82) is 0 Å². The number of hydrogen-bond donors (Lipinski definition) is 1. The second-order valence-electron chi connectivity index (χ2n) is 9.83. The fraction of sp³-hybridized carbons (Fsp3) is 0.826. The minimum absolute atomic E-state index is 0.00116. The van der Waals surface area contributed by atoms with Gasteiger partial charge in [-0.1, -0.05) is 18.1 Å². The van der Waals surface area contributed by atoms with Crippen LogP contribution in [0.2, 0.25) is 0 Å². The molecule has 5 nitrogen and oxygen atoms in total. The van der Waals surface area contributed by atoms with E-state index in [0.29, 0.717) is 12.5 Å². The molecule has 0 aromatic rings. The van der Waals surface area contributed by atoms with Gasteiger partial charge in [0, 0.05) is 5.92 Å². The predicted molar refractivity (Wildman–Crippen MR) is 106 cm³/mol. The van der Waals surface area contributed by atoms with Crippen molar-refractivity contribution in [3.63, 3.8) is 0 Å². The first-order valence-corrected chi connectivity index (χ1v) is 11.3. The van der Waals surface area contributed by atoms with Gasteiger partial charge >= 0.3 is 11.9 Å². The normalized spacial score (nSPS) is 40.5. The van der Waals surface area contributed by atoms with E-state index in [2.05, 4.69) is 13.8 Å². The summed E-state index contributed by atoms with van der Waals surface area (Å²) >= 11 is 0. The highest BCUT2D eigenvalue weighted by Crippen LogP contribution is 2.54. The van der Waals surface area contributed by atoms with Crippen molar-refractivity contribution in [1.82, 2.24) is 0 Å². The predicted octanol–water partition coefficient (Wildman–Crippen LogP) is 2.30. The summed E-state index contributed by atoms with van der Waals surface area (Å²) in [6.07, 6.45) is 7.73. The van der Waals surface area contributed by atoms with Gasteiger partial charge in [-0.05, 0) is 64.2 Å². The van der Waals surface area contributed by atoms with Gasteiger partial charge in [-0.15, -0.1) is 0 Å². The zero-order chi connectivity index (χ0) is 19.9. The maximum Gasteiger partial charge on any atom is 0.315 e. The van der Waals surface area contributed by atoms with Crippen molar-refractivity contribution in [2.45, 2.75) is 71.8 Å². The molecule has 156 valence electrons. The lowest BCUT2D eigenvalue weighted by molar-refractivity contribution is -0.910. The highest BCUT2D eigenvalue weighted by atomic mass is 16.6. The molecule has 2 saturated heterocycles. The molecule has 0 amide bonds. The highest BCUT2D eigenvalue weighted by molar-refractivity contribution is 5.76. The van der Waals surface area contributed by atoms with Crippen molar-refractivity contribution < 1.29 is 24.0 Å². The standard InChI is InChI=1S/C23H35NO4/c1-4-27-21(25)16-8-6-10-24(13-16)14-18-17-11-19-15(2)7-5-9-23(19,3)12-20(17)28-22(18)26/h16-18,20H,4-14H2,1-3H3/p+1/t16-,17+,18-,20-,23-/m0/s1. The Morgan fingerprint density at radius 1 is 1.36 bits per heavy atom. The fourth-order valence-electron chi connectivity index (χ4n) is 6.45. The number of quaternary nitrogens is 1. The number of fused-ring (bicyclic) bond motifs is 2. The number of carbonyl (C=O) groups is 2. The number of hydrogen-bond acceptors (Lipinski definition) is 4. The van der Waals surface area contributed by atoms with E-state index in [9.17, 15) is 9.59 Å².